The van der Waals surface area contributed by atoms with E-state index in [1.54, 1.807) is 21.9 Å². The van der Waals surface area contributed by atoms with E-state index in [-0.39, 0.29) is 18.4 Å². The SMILES string of the molecule is Cc1nc(-c2ccc(Cl)cc2)sc1C(=O)N1CCN(C(=O)Cn2cnnn2)CC1. The number of carbonyl (C=O) groups excluding carboxylic acids is 2. The van der Waals surface area contributed by atoms with Crippen LogP contribution in [-0.4, -0.2) is 73.0 Å². The van der Waals surface area contributed by atoms with Crippen molar-refractivity contribution >= 4 is 34.8 Å². The largest absolute Gasteiger partial charge is 0.338 e. The van der Waals surface area contributed by atoms with E-state index in [1.165, 1.54) is 22.3 Å². The van der Waals surface area contributed by atoms with Crippen molar-refractivity contribution in [3.05, 3.63) is 46.2 Å². The average Bonchev–Trinajstić information content (AvgIpc) is 3.38. The number of aromatic nitrogens is 5. The Morgan fingerprint density at radius 2 is 1.79 bits per heavy atom. The maximum absolute atomic E-state index is 13.0. The van der Waals surface area contributed by atoms with Crippen molar-refractivity contribution in [1.29, 1.82) is 0 Å². The van der Waals surface area contributed by atoms with Crippen LogP contribution in [0.15, 0.2) is 30.6 Å². The number of thiazole rings is 1. The lowest BCUT2D eigenvalue weighted by atomic mass is 10.2. The van der Waals surface area contributed by atoms with Gasteiger partial charge in [0.2, 0.25) is 5.91 Å². The first kappa shape index (κ1) is 19.5. The third-order valence-electron chi connectivity index (χ3n) is 4.69. The number of aryl methyl sites for hydroxylation is 1. The highest BCUT2D eigenvalue weighted by molar-refractivity contribution is 7.17. The Kier molecular flexibility index (Phi) is 5.54. The number of tetrazole rings is 1. The van der Waals surface area contributed by atoms with Crippen molar-refractivity contribution in [3.8, 4) is 10.6 Å². The van der Waals surface area contributed by atoms with Crippen molar-refractivity contribution < 1.29 is 9.59 Å². The van der Waals surface area contributed by atoms with Crippen LogP contribution in [0.3, 0.4) is 0 Å². The quantitative estimate of drug-likeness (QED) is 0.624. The molecule has 3 heterocycles. The third kappa shape index (κ3) is 4.28. The summed E-state index contributed by atoms with van der Waals surface area (Å²) in [6, 6.07) is 7.40. The molecule has 1 saturated heterocycles. The maximum atomic E-state index is 13.0. The highest BCUT2D eigenvalue weighted by Gasteiger charge is 2.27. The Morgan fingerprint density at radius 1 is 1.10 bits per heavy atom. The van der Waals surface area contributed by atoms with Gasteiger partial charge in [0.25, 0.3) is 5.91 Å². The molecule has 0 bridgehead atoms. The third-order valence-corrected chi connectivity index (χ3v) is 6.14. The fourth-order valence-electron chi connectivity index (χ4n) is 3.10. The molecule has 1 fully saturated rings. The van der Waals surface area contributed by atoms with Gasteiger partial charge >= 0.3 is 0 Å². The Hall–Kier alpha value is -2.85. The predicted molar refractivity (Wildman–Crippen MR) is 108 cm³/mol. The smallest absolute Gasteiger partial charge is 0.265 e. The lowest BCUT2D eigenvalue weighted by Crippen LogP contribution is -2.51. The summed E-state index contributed by atoms with van der Waals surface area (Å²) in [5, 5.41) is 12.2. The molecule has 11 heteroatoms. The molecule has 0 N–H and O–H groups in total. The van der Waals surface area contributed by atoms with Gasteiger partial charge in [-0.1, -0.05) is 23.7 Å². The van der Waals surface area contributed by atoms with Gasteiger partial charge in [-0.3, -0.25) is 9.59 Å². The number of nitrogens with zero attached hydrogens (tertiary/aromatic N) is 7. The van der Waals surface area contributed by atoms with Gasteiger partial charge in [-0.2, -0.15) is 0 Å². The molecule has 1 aliphatic rings. The second kappa shape index (κ2) is 8.26. The molecule has 0 atom stereocenters. The van der Waals surface area contributed by atoms with E-state index >= 15 is 0 Å². The molecule has 9 nitrogen and oxygen atoms in total. The molecule has 29 heavy (non-hydrogen) atoms. The summed E-state index contributed by atoms with van der Waals surface area (Å²) in [5.41, 5.74) is 1.64. The van der Waals surface area contributed by atoms with Crippen LogP contribution in [0.2, 0.25) is 5.02 Å². The van der Waals surface area contributed by atoms with Crippen LogP contribution >= 0.6 is 22.9 Å². The zero-order chi connectivity index (χ0) is 20.4. The minimum atomic E-state index is -0.0663. The van der Waals surface area contributed by atoms with Gasteiger partial charge in [0.1, 0.15) is 22.8 Å². The molecule has 0 saturated carbocycles. The van der Waals surface area contributed by atoms with Crippen molar-refractivity contribution in [2.24, 2.45) is 0 Å². The molecule has 150 valence electrons. The molecule has 4 rings (SSSR count). The summed E-state index contributed by atoms with van der Waals surface area (Å²) >= 11 is 7.32. The van der Waals surface area contributed by atoms with Crippen LogP contribution in [0.4, 0.5) is 0 Å². The van der Waals surface area contributed by atoms with Crippen molar-refractivity contribution in [1.82, 2.24) is 35.0 Å². The van der Waals surface area contributed by atoms with Gasteiger partial charge in [0.05, 0.1) is 5.69 Å². The first-order valence-electron chi connectivity index (χ1n) is 9.02. The van der Waals surface area contributed by atoms with E-state index in [0.717, 1.165) is 10.6 Å². The lowest BCUT2D eigenvalue weighted by Gasteiger charge is -2.34. The number of rotatable bonds is 4. The molecule has 0 spiro atoms. The summed E-state index contributed by atoms with van der Waals surface area (Å²) in [5.74, 6) is -0.115. The summed E-state index contributed by atoms with van der Waals surface area (Å²) in [4.78, 5) is 34.0. The fourth-order valence-corrected chi connectivity index (χ4v) is 4.27. The van der Waals surface area contributed by atoms with Gasteiger partial charge in [-0.05, 0) is 29.5 Å². The van der Waals surface area contributed by atoms with E-state index in [4.69, 9.17) is 11.6 Å². The Balaban J connectivity index is 1.39. The Labute approximate surface area is 175 Å². The van der Waals surface area contributed by atoms with Crippen LogP contribution in [0.25, 0.3) is 10.6 Å². The van der Waals surface area contributed by atoms with E-state index in [9.17, 15) is 9.59 Å². The molecule has 1 aliphatic heterocycles. The van der Waals surface area contributed by atoms with E-state index < -0.39 is 0 Å². The summed E-state index contributed by atoms with van der Waals surface area (Å²) in [7, 11) is 0. The maximum Gasteiger partial charge on any atom is 0.265 e. The number of carbonyl (C=O) groups is 2. The lowest BCUT2D eigenvalue weighted by molar-refractivity contribution is -0.133. The van der Waals surface area contributed by atoms with Crippen molar-refractivity contribution in [2.45, 2.75) is 13.5 Å². The van der Waals surface area contributed by atoms with Crippen LogP contribution < -0.4 is 0 Å². The van der Waals surface area contributed by atoms with Crippen LogP contribution in [0, 0.1) is 6.92 Å². The van der Waals surface area contributed by atoms with E-state index in [2.05, 4.69) is 20.5 Å². The second-order valence-electron chi connectivity index (χ2n) is 6.62. The summed E-state index contributed by atoms with van der Waals surface area (Å²) in [6.07, 6.45) is 1.41. The Bertz CT molecular complexity index is 1010. The van der Waals surface area contributed by atoms with E-state index in [1.807, 2.05) is 19.1 Å². The van der Waals surface area contributed by atoms with Gasteiger partial charge < -0.3 is 9.80 Å². The number of hydrogen-bond donors (Lipinski definition) is 0. The Morgan fingerprint density at radius 3 is 2.45 bits per heavy atom. The molecule has 0 aliphatic carbocycles. The normalized spacial score (nSPS) is 14.3. The van der Waals surface area contributed by atoms with Gasteiger partial charge in [-0.25, -0.2) is 9.67 Å². The number of piperazine rings is 1. The molecular formula is C18H18ClN7O2S. The van der Waals surface area contributed by atoms with Crippen molar-refractivity contribution in [3.63, 3.8) is 0 Å². The first-order chi connectivity index (χ1) is 14.0. The highest BCUT2D eigenvalue weighted by atomic mass is 35.5. The van der Waals surface area contributed by atoms with Gasteiger partial charge in [0.15, 0.2) is 0 Å². The zero-order valence-corrected chi connectivity index (χ0v) is 17.2. The fraction of sp³-hybridized carbons (Fsp3) is 0.333. The topological polar surface area (TPSA) is 97.1 Å². The van der Waals surface area contributed by atoms with Crippen molar-refractivity contribution in [2.75, 3.05) is 26.2 Å². The second-order valence-corrected chi connectivity index (χ2v) is 8.06. The number of amides is 2. The minimum Gasteiger partial charge on any atom is -0.338 e. The van der Waals surface area contributed by atoms with Crippen LogP contribution in [-0.2, 0) is 11.3 Å². The average molecular weight is 432 g/mol. The van der Waals surface area contributed by atoms with Gasteiger partial charge in [0, 0.05) is 36.8 Å². The molecule has 3 aromatic rings. The summed E-state index contributed by atoms with van der Waals surface area (Å²) < 4.78 is 1.39. The minimum absolute atomic E-state index is 0.0483. The molecule has 2 aromatic heterocycles. The van der Waals surface area contributed by atoms with E-state index in [0.29, 0.717) is 41.8 Å². The molecule has 0 radical (unpaired) electrons. The first-order valence-corrected chi connectivity index (χ1v) is 10.2. The van der Waals surface area contributed by atoms with Crippen LogP contribution in [0.5, 0.6) is 0 Å². The summed E-state index contributed by atoms with van der Waals surface area (Å²) in [6.45, 7) is 3.86. The molecule has 0 unspecified atom stereocenters. The standard InChI is InChI=1S/C18H18ClN7O2S/c1-12-16(29-17(21-12)13-2-4-14(19)5-3-13)18(28)25-8-6-24(7-9-25)15(27)10-26-11-20-22-23-26/h2-5,11H,6-10H2,1H3. The zero-order valence-electron chi connectivity index (χ0n) is 15.7. The number of hydrogen-bond acceptors (Lipinski definition) is 7. The number of benzene rings is 1. The number of halogens is 1. The molecular weight excluding hydrogens is 414 g/mol. The molecule has 2 amide bonds. The monoisotopic (exact) mass is 431 g/mol. The predicted octanol–water partition coefficient (Wildman–Crippen LogP) is 1.74. The van der Waals surface area contributed by atoms with Gasteiger partial charge in [-0.15, -0.1) is 16.4 Å². The van der Waals surface area contributed by atoms with Crippen LogP contribution in [0.1, 0.15) is 15.4 Å². The molecule has 1 aromatic carbocycles. The highest BCUT2D eigenvalue weighted by Crippen LogP contribution is 2.29.